The van der Waals surface area contributed by atoms with E-state index in [4.69, 9.17) is 14.6 Å². The number of benzene rings is 1. The molecule has 2 aromatic rings. The first kappa shape index (κ1) is 23.2. The highest BCUT2D eigenvalue weighted by Gasteiger charge is 2.59. The second kappa shape index (κ2) is 9.38. The number of hydrogen-bond acceptors (Lipinski definition) is 9. The molecule has 172 valence electrons. The molecule has 1 aromatic carbocycles. The summed E-state index contributed by atoms with van der Waals surface area (Å²) < 4.78 is 43.1. The van der Waals surface area contributed by atoms with Gasteiger partial charge in [-0.15, -0.1) is 0 Å². The predicted molar refractivity (Wildman–Crippen MR) is 102 cm³/mol. The Labute approximate surface area is 179 Å². The van der Waals surface area contributed by atoms with Gasteiger partial charge in [0.15, 0.2) is 6.10 Å². The van der Waals surface area contributed by atoms with Crippen molar-refractivity contribution >= 4 is 17.9 Å². The van der Waals surface area contributed by atoms with E-state index >= 15 is 0 Å². The summed E-state index contributed by atoms with van der Waals surface area (Å²) in [4.78, 5) is 39.3. The highest BCUT2D eigenvalue weighted by Crippen LogP contribution is 2.41. The first-order valence-electron chi connectivity index (χ1n) is 9.23. The molecule has 0 spiro atoms. The number of carbonyl (C=O) groups excluding carboxylic acids is 2. The number of halogens is 2. The van der Waals surface area contributed by atoms with Crippen LogP contribution in [0.3, 0.4) is 0 Å². The molecule has 1 aliphatic heterocycles. The molecule has 1 fully saturated rings. The van der Waals surface area contributed by atoms with E-state index in [0.29, 0.717) is 15.7 Å². The zero-order valence-corrected chi connectivity index (χ0v) is 16.6. The molecule has 11 nitrogen and oxygen atoms in total. The monoisotopic (exact) mass is 455 g/mol. The van der Waals surface area contributed by atoms with E-state index in [1.54, 1.807) is 25.1 Å². The fourth-order valence-electron chi connectivity index (χ4n) is 2.94. The van der Waals surface area contributed by atoms with Crippen molar-refractivity contribution in [3.8, 4) is 0 Å². The van der Waals surface area contributed by atoms with E-state index in [1.165, 1.54) is 6.07 Å². The fourth-order valence-corrected chi connectivity index (χ4v) is 2.94. The largest absolute Gasteiger partial charge is 0.424 e. The lowest BCUT2D eigenvalue weighted by molar-refractivity contribution is -0.140. The Kier molecular flexibility index (Phi) is 6.81. The number of carbonyl (C=O) groups is 2. The first-order chi connectivity index (χ1) is 15.1. The molecular weight excluding hydrogens is 436 g/mol. The SMILES string of the molecule is Cc1ccccc1C(=O)OCOC(=O)Nc1ccn([C@@H]2O[C@H](CO)[C@@H](O)C2(F)F)c(=O)n1. The number of ether oxygens (including phenoxy) is 3. The van der Waals surface area contributed by atoms with Gasteiger partial charge in [-0.3, -0.25) is 9.88 Å². The zero-order chi connectivity index (χ0) is 23.5. The number of alkyl halides is 2. The third kappa shape index (κ3) is 4.74. The summed E-state index contributed by atoms with van der Waals surface area (Å²) in [6.07, 6.45) is -6.35. The number of anilines is 1. The molecule has 3 atom stereocenters. The number of esters is 1. The molecule has 32 heavy (non-hydrogen) atoms. The molecule has 0 bridgehead atoms. The number of nitrogens with zero attached hydrogens (tertiary/aromatic N) is 2. The van der Waals surface area contributed by atoms with Gasteiger partial charge in [-0.25, -0.2) is 14.4 Å². The Morgan fingerprint density at radius 2 is 2.00 bits per heavy atom. The number of aromatic nitrogens is 2. The highest BCUT2D eigenvalue weighted by atomic mass is 19.3. The normalized spacial score (nSPS) is 21.7. The Balaban J connectivity index is 1.58. The summed E-state index contributed by atoms with van der Waals surface area (Å²) in [5, 5.41) is 20.6. The molecule has 0 aliphatic carbocycles. The summed E-state index contributed by atoms with van der Waals surface area (Å²) in [5.41, 5.74) is -0.258. The Morgan fingerprint density at radius 1 is 1.28 bits per heavy atom. The van der Waals surface area contributed by atoms with Crippen LogP contribution in [0.4, 0.5) is 19.4 Å². The Morgan fingerprint density at radius 3 is 2.62 bits per heavy atom. The minimum atomic E-state index is -3.87. The lowest BCUT2D eigenvalue weighted by atomic mass is 10.1. The second-order valence-corrected chi connectivity index (χ2v) is 6.75. The van der Waals surface area contributed by atoms with Crippen molar-refractivity contribution in [2.24, 2.45) is 0 Å². The minimum Gasteiger partial charge on any atom is -0.424 e. The lowest BCUT2D eigenvalue weighted by Crippen LogP contribution is -2.41. The van der Waals surface area contributed by atoms with Gasteiger partial charge in [0.1, 0.15) is 11.9 Å². The number of aliphatic hydroxyl groups is 2. The summed E-state index contributed by atoms with van der Waals surface area (Å²) in [6, 6.07) is 7.64. The Bertz CT molecular complexity index is 1060. The average molecular weight is 455 g/mol. The van der Waals surface area contributed by atoms with E-state index in [-0.39, 0.29) is 5.82 Å². The molecule has 1 aromatic heterocycles. The fraction of sp³-hybridized carbons (Fsp3) is 0.368. The molecular formula is C19H19F2N3O8. The van der Waals surface area contributed by atoms with Crippen molar-refractivity contribution < 1.29 is 42.8 Å². The molecule has 13 heteroatoms. The van der Waals surface area contributed by atoms with Crippen LogP contribution in [0.25, 0.3) is 0 Å². The van der Waals surface area contributed by atoms with E-state index in [2.05, 4.69) is 15.0 Å². The van der Waals surface area contributed by atoms with Gasteiger partial charge in [-0.05, 0) is 24.6 Å². The zero-order valence-electron chi connectivity index (χ0n) is 16.6. The van der Waals surface area contributed by atoms with Crippen LogP contribution in [0.5, 0.6) is 0 Å². The lowest BCUT2D eigenvalue weighted by Gasteiger charge is -2.21. The molecule has 0 radical (unpaired) electrons. The van der Waals surface area contributed by atoms with E-state index in [9.17, 15) is 28.3 Å². The molecule has 2 heterocycles. The average Bonchev–Trinajstić information content (AvgIpc) is 2.97. The number of amides is 1. The summed E-state index contributed by atoms with van der Waals surface area (Å²) >= 11 is 0. The van der Waals surface area contributed by atoms with Gasteiger partial charge >= 0.3 is 23.7 Å². The van der Waals surface area contributed by atoms with Crippen molar-refractivity contribution in [2.45, 2.75) is 31.3 Å². The van der Waals surface area contributed by atoms with Crippen LogP contribution in [0.15, 0.2) is 41.3 Å². The summed E-state index contributed by atoms with van der Waals surface area (Å²) in [6.45, 7) is 0.100. The summed E-state index contributed by atoms with van der Waals surface area (Å²) in [5.74, 6) is -4.91. The maximum absolute atomic E-state index is 14.2. The standard InChI is InChI=1S/C19H19F2N3O8/c1-10-4-2-3-5-11(10)15(27)30-9-31-18(29)23-13-6-7-24(17(28)22-13)16-19(20,21)14(26)12(8-25)32-16/h2-7,12,14,16,25-26H,8-9H2,1H3,(H,22,23,28,29)/t12-,14-,16-/m1/s1. The molecule has 1 saturated heterocycles. The molecule has 0 unspecified atom stereocenters. The number of rotatable bonds is 6. The van der Waals surface area contributed by atoms with Gasteiger partial charge in [0.2, 0.25) is 13.0 Å². The van der Waals surface area contributed by atoms with Gasteiger partial charge in [0.25, 0.3) is 0 Å². The van der Waals surface area contributed by atoms with Crippen molar-refractivity contribution in [2.75, 3.05) is 18.7 Å². The topological polar surface area (TPSA) is 149 Å². The molecule has 3 rings (SSSR count). The third-order valence-corrected chi connectivity index (χ3v) is 4.62. The molecule has 0 saturated carbocycles. The summed E-state index contributed by atoms with van der Waals surface area (Å²) in [7, 11) is 0. The van der Waals surface area contributed by atoms with Crippen molar-refractivity contribution in [1.29, 1.82) is 0 Å². The smallest absolute Gasteiger partial charge is 0.415 e. The van der Waals surface area contributed by atoms with Gasteiger partial charge < -0.3 is 24.4 Å². The quantitative estimate of drug-likeness (QED) is 0.425. The van der Waals surface area contributed by atoms with Gasteiger partial charge in [0, 0.05) is 6.20 Å². The molecule has 1 amide bonds. The molecule has 1 aliphatic rings. The number of nitrogens with one attached hydrogen (secondary N) is 1. The van der Waals surface area contributed by atoms with Crippen molar-refractivity contribution in [3.05, 3.63) is 58.1 Å². The van der Waals surface area contributed by atoms with Crippen LogP contribution >= 0.6 is 0 Å². The van der Waals surface area contributed by atoms with Crippen LogP contribution in [0.1, 0.15) is 22.1 Å². The second-order valence-electron chi connectivity index (χ2n) is 6.75. The Hall–Kier alpha value is -3.42. The van der Waals surface area contributed by atoms with Gasteiger partial charge in [0.05, 0.1) is 12.2 Å². The van der Waals surface area contributed by atoms with Gasteiger partial charge in [-0.2, -0.15) is 13.8 Å². The van der Waals surface area contributed by atoms with E-state index in [0.717, 1.165) is 12.3 Å². The number of aryl methyl sites for hydroxylation is 1. The van der Waals surface area contributed by atoms with Crippen LogP contribution in [0, 0.1) is 6.92 Å². The van der Waals surface area contributed by atoms with Crippen LogP contribution < -0.4 is 11.0 Å². The third-order valence-electron chi connectivity index (χ3n) is 4.62. The van der Waals surface area contributed by atoms with E-state index in [1.807, 2.05) is 0 Å². The maximum Gasteiger partial charge on any atom is 0.415 e. The highest BCUT2D eigenvalue weighted by molar-refractivity contribution is 5.91. The van der Waals surface area contributed by atoms with Crippen LogP contribution in [0.2, 0.25) is 0 Å². The number of hydrogen-bond donors (Lipinski definition) is 3. The maximum atomic E-state index is 14.2. The number of aliphatic hydroxyl groups excluding tert-OH is 2. The van der Waals surface area contributed by atoms with Crippen LogP contribution in [-0.4, -0.2) is 63.4 Å². The van der Waals surface area contributed by atoms with Crippen LogP contribution in [-0.2, 0) is 14.2 Å². The predicted octanol–water partition coefficient (Wildman–Crippen LogP) is 0.801. The van der Waals surface area contributed by atoms with Crippen molar-refractivity contribution in [3.63, 3.8) is 0 Å². The first-order valence-corrected chi connectivity index (χ1v) is 9.23. The van der Waals surface area contributed by atoms with Crippen molar-refractivity contribution in [1.82, 2.24) is 9.55 Å². The van der Waals surface area contributed by atoms with E-state index < -0.39 is 55.5 Å². The minimum absolute atomic E-state index is 0.293. The van der Waals surface area contributed by atoms with Gasteiger partial charge in [-0.1, -0.05) is 18.2 Å². The molecule has 3 N–H and O–H groups in total.